The molecule has 0 bridgehead atoms. The Morgan fingerprint density at radius 1 is 1.00 bits per heavy atom. The maximum absolute atomic E-state index is 8.00. The summed E-state index contributed by atoms with van der Waals surface area (Å²) in [4.78, 5) is 24.0. The molecule has 135 valence electrons. The van der Waals surface area contributed by atoms with Gasteiger partial charge in [0.05, 0.1) is 0 Å². The Hall–Kier alpha value is -0.814. The summed E-state index contributed by atoms with van der Waals surface area (Å²) in [6.07, 6.45) is 10.0. The molecule has 0 fully saturated rings. The van der Waals surface area contributed by atoms with Gasteiger partial charge >= 0.3 is 0 Å². The van der Waals surface area contributed by atoms with Crippen LogP contribution in [0.3, 0.4) is 0 Å². The van der Waals surface area contributed by atoms with E-state index in [1.165, 1.54) is 0 Å². The number of hydrogen-bond donors (Lipinski definition) is 0. The standard InChI is InChI=1S/C5H5.C2H7OSi.3CH2O.5CH3.Mn/c1-2-4-5-3-1;1-2-3-4;3*1-2;;;;;;/h1-3H,4H2;1-2H2,4H3;3*1H2;5*1H3;/q2*-1;;;;5*-1;. The molecule has 0 aromatic heterocycles. The third kappa shape index (κ3) is 211. The van der Waals surface area contributed by atoms with Crippen LogP contribution in [0.25, 0.3) is 0 Å². The van der Waals surface area contributed by atoms with Gasteiger partial charge in [-0.2, -0.15) is 6.08 Å². The molecular weight excluding hydrogens is 327 g/mol. The number of rotatable bonds is 1. The summed E-state index contributed by atoms with van der Waals surface area (Å²) >= 11 is 0. The van der Waals surface area contributed by atoms with E-state index >= 15 is 0 Å². The van der Waals surface area contributed by atoms with Gasteiger partial charge in [0.25, 0.3) is 0 Å². The number of carbonyl (C=O) groups excluding carboxylic acids is 3. The molecular formula is C15H33MnO4Si-7. The van der Waals surface area contributed by atoms with E-state index in [2.05, 4.69) is 23.5 Å². The van der Waals surface area contributed by atoms with Gasteiger partial charge in [-0.1, -0.05) is 6.61 Å². The molecule has 21 heavy (non-hydrogen) atoms. The smallest absolute Gasteiger partial charge is 0.141 e. The second-order valence-electron chi connectivity index (χ2n) is 1.50. The normalized spacial score (nSPS) is 6.33. The van der Waals surface area contributed by atoms with Gasteiger partial charge in [-0.3, -0.25) is 6.08 Å². The van der Waals surface area contributed by atoms with Crippen LogP contribution in [-0.4, -0.2) is 37.5 Å². The van der Waals surface area contributed by atoms with Crippen molar-refractivity contribution in [2.75, 3.05) is 6.61 Å². The summed E-state index contributed by atoms with van der Waals surface area (Å²) in [5.41, 5.74) is 0. The molecule has 1 aliphatic rings. The van der Waals surface area contributed by atoms with Crippen LogP contribution >= 0.6 is 0 Å². The third-order valence-corrected chi connectivity index (χ3v) is 1.20. The molecule has 4 nitrogen and oxygen atoms in total. The van der Waals surface area contributed by atoms with Crippen LogP contribution < -0.4 is 0 Å². The van der Waals surface area contributed by atoms with Crippen LogP contribution in [0.15, 0.2) is 18.2 Å². The van der Waals surface area contributed by atoms with Crippen molar-refractivity contribution >= 4 is 30.9 Å². The molecule has 0 atom stereocenters. The molecule has 0 spiro atoms. The molecule has 0 aromatic rings. The average molecular weight is 360 g/mol. The zero-order valence-electron chi connectivity index (χ0n) is 14.5. The average Bonchev–Trinajstić information content (AvgIpc) is 2.95. The molecule has 0 saturated carbocycles. The Labute approximate surface area is 148 Å². The summed E-state index contributed by atoms with van der Waals surface area (Å²) < 4.78 is 4.57. The number of allylic oxidation sites excluding steroid dienone is 4. The first-order valence-electron chi connectivity index (χ1n) is 3.78. The number of hydrogen-bond acceptors (Lipinski definition) is 4. The van der Waals surface area contributed by atoms with E-state index in [-0.39, 0.29) is 54.2 Å². The van der Waals surface area contributed by atoms with Crippen molar-refractivity contribution in [1.82, 2.24) is 0 Å². The van der Waals surface area contributed by atoms with E-state index in [9.17, 15) is 0 Å². The minimum Gasteiger partial charge on any atom is -0.459 e. The van der Waals surface area contributed by atoms with E-state index in [4.69, 9.17) is 14.4 Å². The minimum absolute atomic E-state index is 0. The number of carbonyl (C=O) groups is 3. The zero-order chi connectivity index (χ0) is 12.9. The Balaban J connectivity index is -0.00000000889. The third-order valence-electron chi connectivity index (χ3n) is 0.790. The molecule has 0 N–H and O–H groups in total. The van der Waals surface area contributed by atoms with Crippen molar-refractivity contribution in [1.29, 1.82) is 0 Å². The fraction of sp³-hybridized carbons (Fsp3) is 0.133. The van der Waals surface area contributed by atoms with Crippen LogP contribution in [0.2, 0.25) is 0 Å². The molecule has 6 heteroatoms. The van der Waals surface area contributed by atoms with Crippen LogP contribution in [0.1, 0.15) is 6.42 Å². The summed E-state index contributed by atoms with van der Waals surface area (Å²) in [5.74, 6) is 0. The Bertz CT molecular complexity index is 129. The van der Waals surface area contributed by atoms with Crippen LogP contribution in [0.5, 0.6) is 0 Å². The van der Waals surface area contributed by atoms with Crippen molar-refractivity contribution in [2.45, 2.75) is 6.42 Å². The van der Waals surface area contributed by atoms with Gasteiger partial charge in [-0.05, 0) is 0 Å². The summed E-state index contributed by atoms with van der Waals surface area (Å²) in [5, 5.41) is 0. The van der Waals surface area contributed by atoms with E-state index in [0.29, 0.717) is 6.61 Å². The zero-order valence-corrected chi connectivity index (χ0v) is 17.7. The van der Waals surface area contributed by atoms with Crippen molar-refractivity contribution in [2.24, 2.45) is 0 Å². The van der Waals surface area contributed by atoms with Gasteiger partial charge in [0.15, 0.2) is 0 Å². The van der Waals surface area contributed by atoms with Gasteiger partial charge in [-0.15, -0.1) is 6.42 Å². The molecule has 0 unspecified atom stereocenters. The summed E-state index contributed by atoms with van der Waals surface area (Å²) in [7, 11) is 0.827. The maximum Gasteiger partial charge on any atom is 0.141 e. The maximum atomic E-state index is 8.00. The van der Waals surface area contributed by atoms with Crippen molar-refractivity contribution in [3.05, 3.63) is 68.4 Å². The van der Waals surface area contributed by atoms with E-state index < -0.39 is 0 Å². The minimum atomic E-state index is 0. The largest absolute Gasteiger partial charge is 0.459 e. The molecule has 0 amide bonds. The van der Waals surface area contributed by atoms with Crippen molar-refractivity contribution in [3.63, 3.8) is 0 Å². The van der Waals surface area contributed by atoms with E-state index in [1.807, 2.05) is 32.5 Å². The summed E-state index contributed by atoms with van der Waals surface area (Å²) in [6.45, 7) is 10.0. The Morgan fingerprint density at radius 2 is 1.29 bits per heavy atom. The van der Waals surface area contributed by atoms with Crippen LogP contribution in [-0.2, 0) is 35.9 Å². The molecule has 1 rings (SSSR count). The molecule has 1 aliphatic carbocycles. The second-order valence-corrected chi connectivity index (χ2v) is 2.07. The topological polar surface area (TPSA) is 60.4 Å². The van der Waals surface area contributed by atoms with E-state index in [1.54, 1.807) is 0 Å². The first-order valence-corrected chi connectivity index (χ1v) is 4.60. The molecule has 0 saturated heterocycles. The molecule has 0 aliphatic heterocycles. The Morgan fingerprint density at radius 3 is 1.33 bits per heavy atom. The fourth-order valence-electron chi connectivity index (χ4n) is 0.340. The van der Waals surface area contributed by atoms with Gasteiger partial charge in [0.2, 0.25) is 0 Å². The quantitative estimate of drug-likeness (QED) is 0.531. The van der Waals surface area contributed by atoms with Crippen LogP contribution in [0.4, 0.5) is 0 Å². The Kier molecular flexibility index (Phi) is 565. The van der Waals surface area contributed by atoms with Crippen molar-refractivity contribution < 1.29 is 35.9 Å². The summed E-state index contributed by atoms with van der Waals surface area (Å²) in [6, 6.07) is 0. The SMILES string of the molecule is C=O.C=O.C=O.[C-]1=CC=CC1.[CH2-]CO[SiH3].[CH3-].[CH3-].[CH3-].[CH3-].[CH3-].[Mn]. The second kappa shape index (κ2) is 166. The van der Waals surface area contributed by atoms with Gasteiger partial charge < -0.3 is 62.9 Å². The predicted molar refractivity (Wildman–Crippen MR) is 96.3 cm³/mol. The van der Waals surface area contributed by atoms with E-state index in [0.717, 1.165) is 16.9 Å². The molecule has 0 heterocycles. The molecule has 0 aromatic carbocycles. The van der Waals surface area contributed by atoms with Crippen molar-refractivity contribution in [3.8, 4) is 0 Å². The fourth-order valence-corrected chi connectivity index (χ4v) is 0.340. The predicted octanol–water partition coefficient (Wildman–Crippen LogP) is 2.12. The monoisotopic (exact) mass is 360 g/mol. The molecule has 1 radical (unpaired) electrons. The van der Waals surface area contributed by atoms with Crippen LogP contribution in [0, 0.1) is 50.1 Å². The first kappa shape index (κ1) is 71.6. The first-order chi connectivity index (χ1) is 7.41. The van der Waals surface area contributed by atoms with Gasteiger partial charge in [0, 0.05) is 17.1 Å². The van der Waals surface area contributed by atoms with Gasteiger partial charge in [-0.25, -0.2) is 12.2 Å². The van der Waals surface area contributed by atoms with Gasteiger partial charge in [0.1, 0.15) is 30.9 Å².